The van der Waals surface area contributed by atoms with Gasteiger partial charge in [-0.15, -0.1) is 0 Å². The number of unbranched alkanes of at least 4 members (excludes halogenated alkanes) is 1. The number of nitrogens with zero attached hydrogens (tertiary/aromatic N) is 2. The number of aliphatic imine (C=N–C) groups is 2. The van der Waals surface area contributed by atoms with E-state index >= 15 is 0 Å². The molecule has 28 heteroatoms. The number of carboxylic acid groups (broad SMARTS) is 2. The number of hydrogen-bond acceptors (Lipinski definition) is 17. The number of Topliss-reactive ketones (excluding diaryl/α,β-unsaturated/α-hetero) is 6. The molecule has 504 valence electrons. The Morgan fingerprint density at radius 1 is 0.489 bits per heavy atom. The fraction of sp³-hybridized carbons (Fsp3) is 0.661. The standard InChI is InChI=1S/C62H100N12O16/c1-8-35(3)43(38(6)76)31-53(81)47(28-40-17-11-10-12-18-40)73-60(90)44(36(4)9-2)32-54(82)48(33-56(85)86)72-57(87)37(5)27-50(78)49(34-75)74-59(89)42(20-15-25-68-61(64)65)30-51(79)45(21-16-26-69-62(66)67)71-58(88)41(19-13-14-24-63)29-52(80)46(70-39(7)77)22-23-55(83)84/h10-12,17-18,35-37,41-49,75H,8-9,13-16,19-34,63H2,1-7H3,(H,70,77)(H,71,88)(H,72,87)(H,73,90)(H,74,89)(H,83,84)(H,85,86)(H4,64,65,68)(H4,66,67,69)/t35-,36-,37+,41+,42+,43-,44-,45-,46-,47-,48-,49-/m0/s1. The topological polar surface area (TPSA) is 498 Å². The Labute approximate surface area is 527 Å². The van der Waals surface area contributed by atoms with Gasteiger partial charge < -0.3 is 70.6 Å². The molecule has 28 nitrogen and oxygen atoms in total. The highest BCUT2D eigenvalue weighted by atomic mass is 16.4. The quantitative estimate of drug-likeness (QED) is 0.0244. The van der Waals surface area contributed by atoms with Gasteiger partial charge in [-0.05, 0) is 82.2 Å². The molecule has 0 bridgehead atoms. The summed E-state index contributed by atoms with van der Waals surface area (Å²) in [5.41, 5.74) is 28.5. The first-order valence-electron chi connectivity index (χ1n) is 30.9. The first-order chi connectivity index (χ1) is 42.4. The molecule has 0 saturated carbocycles. The van der Waals surface area contributed by atoms with Crippen LogP contribution >= 0.6 is 0 Å². The van der Waals surface area contributed by atoms with Crippen LogP contribution < -0.4 is 55.3 Å². The largest absolute Gasteiger partial charge is 0.481 e. The zero-order valence-corrected chi connectivity index (χ0v) is 53.3. The van der Waals surface area contributed by atoms with Crippen LogP contribution in [0.2, 0.25) is 0 Å². The molecule has 18 N–H and O–H groups in total. The van der Waals surface area contributed by atoms with Crippen LogP contribution in [-0.2, 0) is 68.7 Å². The lowest BCUT2D eigenvalue weighted by Gasteiger charge is -2.28. The van der Waals surface area contributed by atoms with Crippen LogP contribution in [-0.4, -0.2) is 160 Å². The van der Waals surface area contributed by atoms with E-state index < -0.39 is 175 Å². The van der Waals surface area contributed by atoms with E-state index in [0.29, 0.717) is 25.7 Å². The first-order valence-corrected chi connectivity index (χ1v) is 30.9. The molecule has 1 aromatic carbocycles. The fourth-order valence-corrected chi connectivity index (χ4v) is 10.2. The molecule has 0 spiro atoms. The van der Waals surface area contributed by atoms with E-state index in [0.717, 1.165) is 12.5 Å². The van der Waals surface area contributed by atoms with Crippen molar-refractivity contribution in [2.75, 3.05) is 26.2 Å². The summed E-state index contributed by atoms with van der Waals surface area (Å²) in [7, 11) is 0. The van der Waals surface area contributed by atoms with Crippen molar-refractivity contribution in [1.82, 2.24) is 26.6 Å². The van der Waals surface area contributed by atoms with Gasteiger partial charge in [0, 0.05) is 88.1 Å². The maximum absolute atomic E-state index is 14.4. The number of carbonyl (C=O) groups excluding carboxylic acids is 11. The molecule has 0 radical (unpaired) electrons. The minimum Gasteiger partial charge on any atom is -0.481 e. The number of ketones is 6. The number of carbonyl (C=O) groups is 13. The molecule has 0 aliphatic rings. The van der Waals surface area contributed by atoms with Gasteiger partial charge in [0.05, 0.1) is 37.2 Å². The molecule has 90 heavy (non-hydrogen) atoms. The molecule has 1 rings (SSSR count). The van der Waals surface area contributed by atoms with Gasteiger partial charge >= 0.3 is 11.9 Å². The van der Waals surface area contributed by atoms with Crippen LogP contribution in [0.5, 0.6) is 0 Å². The van der Waals surface area contributed by atoms with Crippen LogP contribution in [0.4, 0.5) is 0 Å². The second-order valence-corrected chi connectivity index (χ2v) is 23.3. The zero-order chi connectivity index (χ0) is 68.2. The number of nitrogens with one attached hydrogen (secondary N) is 5. The molecule has 0 saturated heterocycles. The number of carboxylic acids is 2. The first kappa shape index (κ1) is 80.0. The third-order valence-corrected chi connectivity index (χ3v) is 16.0. The highest BCUT2D eigenvalue weighted by Crippen LogP contribution is 2.26. The highest BCUT2D eigenvalue weighted by molar-refractivity contribution is 5.99. The third kappa shape index (κ3) is 31.4. The lowest BCUT2D eigenvalue weighted by Crippen LogP contribution is -2.50. The van der Waals surface area contributed by atoms with Gasteiger partial charge in [0.1, 0.15) is 11.8 Å². The van der Waals surface area contributed by atoms with Crippen LogP contribution in [0.1, 0.15) is 163 Å². The summed E-state index contributed by atoms with van der Waals surface area (Å²) in [6.45, 7) is 10.4. The number of aliphatic hydroxyl groups excluding tert-OH is 1. The van der Waals surface area contributed by atoms with Crippen LogP contribution in [0.3, 0.4) is 0 Å². The second kappa shape index (κ2) is 42.8. The molecule has 5 amide bonds. The molecular formula is C62H100N12O16. The lowest BCUT2D eigenvalue weighted by atomic mass is 9.82. The maximum atomic E-state index is 14.4. The Bertz CT molecular complexity index is 2630. The van der Waals surface area contributed by atoms with E-state index in [-0.39, 0.29) is 100 Å². The van der Waals surface area contributed by atoms with Crippen LogP contribution in [0.15, 0.2) is 40.3 Å². The van der Waals surface area contributed by atoms with Crippen molar-refractivity contribution in [1.29, 1.82) is 0 Å². The number of rotatable bonds is 49. The van der Waals surface area contributed by atoms with Gasteiger partial charge in [0.15, 0.2) is 40.8 Å². The van der Waals surface area contributed by atoms with Crippen molar-refractivity contribution in [2.24, 2.45) is 80.1 Å². The Hall–Kier alpha value is -8.01. The molecule has 0 aliphatic carbocycles. The van der Waals surface area contributed by atoms with Crippen molar-refractivity contribution in [3.05, 3.63) is 35.9 Å². The Balaban J connectivity index is 3.52. The summed E-state index contributed by atoms with van der Waals surface area (Å²) >= 11 is 0. The van der Waals surface area contributed by atoms with Gasteiger partial charge in [-0.25, -0.2) is 0 Å². The maximum Gasteiger partial charge on any atom is 0.305 e. The van der Waals surface area contributed by atoms with E-state index in [2.05, 4.69) is 36.6 Å². The number of guanidine groups is 2. The third-order valence-electron chi connectivity index (χ3n) is 16.0. The second-order valence-electron chi connectivity index (χ2n) is 23.3. The van der Waals surface area contributed by atoms with E-state index in [1.165, 1.54) is 13.8 Å². The van der Waals surface area contributed by atoms with Crippen molar-refractivity contribution >= 4 is 88.1 Å². The van der Waals surface area contributed by atoms with E-state index in [4.69, 9.17) is 28.7 Å². The average molecular weight is 1270 g/mol. The molecule has 0 aromatic heterocycles. The lowest BCUT2D eigenvalue weighted by molar-refractivity contribution is -0.141. The highest BCUT2D eigenvalue weighted by Gasteiger charge is 2.38. The summed E-state index contributed by atoms with van der Waals surface area (Å²) in [6, 6.07) is 1.86. The minimum absolute atomic E-state index is 0.00627. The van der Waals surface area contributed by atoms with Crippen LogP contribution in [0.25, 0.3) is 0 Å². The smallest absolute Gasteiger partial charge is 0.305 e. The van der Waals surface area contributed by atoms with E-state index in [9.17, 15) is 77.6 Å². The normalized spacial score (nSPS) is 15.1. The number of nitrogens with two attached hydrogens (primary N) is 5. The van der Waals surface area contributed by atoms with E-state index in [1.54, 1.807) is 44.2 Å². The number of aliphatic hydroxyl groups is 1. The molecule has 0 unspecified atom stereocenters. The molecular weight excluding hydrogens is 1170 g/mol. The summed E-state index contributed by atoms with van der Waals surface area (Å²) in [6.07, 6.45) is -1.92. The van der Waals surface area contributed by atoms with Crippen molar-refractivity contribution in [3.8, 4) is 0 Å². The van der Waals surface area contributed by atoms with Gasteiger partial charge in [0.2, 0.25) is 29.5 Å². The summed E-state index contributed by atoms with van der Waals surface area (Å²) in [4.78, 5) is 183. The monoisotopic (exact) mass is 1270 g/mol. The Morgan fingerprint density at radius 3 is 1.43 bits per heavy atom. The fourth-order valence-electron chi connectivity index (χ4n) is 10.2. The molecule has 1 aromatic rings. The average Bonchev–Trinajstić information content (AvgIpc) is 3.28. The predicted molar refractivity (Wildman–Crippen MR) is 335 cm³/mol. The van der Waals surface area contributed by atoms with Gasteiger partial charge in [-0.2, -0.15) is 0 Å². The number of aliphatic carboxylic acids is 2. The van der Waals surface area contributed by atoms with E-state index in [1.807, 2.05) is 13.8 Å². The molecule has 0 aliphatic heterocycles. The summed E-state index contributed by atoms with van der Waals surface area (Å²) < 4.78 is 0. The zero-order valence-electron chi connectivity index (χ0n) is 53.3. The van der Waals surface area contributed by atoms with Gasteiger partial charge in [0.25, 0.3) is 0 Å². The van der Waals surface area contributed by atoms with Crippen molar-refractivity contribution in [2.45, 2.75) is 194 Å². The predicted octanol–water partition coefficient (Wildman–Crippen LogP) is 0.819. The Kier molecular flexibility index (Phi) is 38.1. The summed E-state index contributed by atoms with van der Waals surface area (Å²) in [5.74, 6) is -16.7. The summed E-state index contributed by atoms with van der Waals surface area (Å²) in [5, 5.41) is 42.5. The van der Waals surface area contributed by atoms with Crippen LogP contribution in [0, 0.1) is 41.4 Å². The van der Waals surface area contributed by atoms with Gasteiger partial charge in [-0.3, -0.25) is 72.3 Å². The SMILES string of the molecule is CC[C@H](C)[C@H](CC(=O)[C@H](Cc1ccccc1)NC(=O)[C@@H](CC(=O)[C@H](CC(=O)O)NC(=O)[C@H](C)CC(=O)[C@H](CO)NC(=O)[C@H](CCCN=C(N)N)CC(=O)[C@H](CCCN=C(N)N)NC(=O)[C@H](CCCCN)CC(=O)[C@H](CCC(=O)O)NC(C)=O)[C@@H](C)CC)C(C)=O. The molecule has 12 atom stereocenters. The van der Waals surface area contributed by atoms with Gasteiger partial charge in [-0.1, -0.05) is 84.2 Å². The number of hydrogen-bond donors (Lipinski definition) is 13. The molecule has 0 fully saturated rings. The molecule has 0 heterocycles. The number of amides is 5. The Morgan fingerprint density at radius 2 is 0.944 bits per heavy atom. The van der Waals surface area contributed by atoms with Crippen molar-refractivity contribution < 1.29 is 77.6 Å². The minimum atomic E-state index is -1.70. The number of benzene rings is 1. The van der Waals surface area contributed by atoms with Crippen molar-refractivity contribution in [3.63, 3.8) is 0 Å².